The smallest absolute Gasteiger partial charge is 0.146 e. The van der Waals surface area contributed by atoms with Gasteiger partial charge in [-0.15, -0.1) is 0 Å². The Kier molecular flexibility index (Phi) is 12.0. The molecule has 0 radical (unpaired) electrons. The molecule has 0 amide bonds. The standard InChI is InChI=1S/C14H32OSSi/c1-4-6-7-8-9-12-16-13-10-11-14(3,5-2)15-17/h4-13H2,1-3,17H3. The number of hydrogen-bond acceptors (Lipinski definition) is 2. The Balaban J connectivity index is 3.23. The van der Waals surface area contributed by atoms with Crippen LogP contribution in [0.5, 0.6) is 0 Å². The minimum absolute atomic E-state index is 0.175. The predicted molar refractivity (Wildman–Crippen MR) is 85.0 cm³/mol. The van der Waals surface area contributed by atoms with Crippen molar-refractivity contribution in [2.75, 3.05) is 11.5 Å². The van der Waals surface area contributed by atoms with Crippen LogP contribution in [0.25, 0.3) is 0 Å². The summed E-state index contributed by atoms with van der Waals surface area (Å²) in [6.07, 6.45) is 10.7. The van der Waals surface area contributed by atoms with E-state index in [0.717, 1.165) is 16.9 Å². The monoisotopic (exact) mass is 276 g/mol. The van der Waals surface area contributed by atoms with E-state index in [2.05, 4.69) is 32.5 Å². The van der Waals surface area contributed by atoms with Gasteiger partial charge in [0.25, 0.3) is 0 Å². The number of rotatable bonds is 12. The summed E-state index contributed by atoms with van der Waals surface area (Å²) in [7, 11) is 0.870. The van der Waals surface area contributed by atoms with E-state index in [1.54, 1.807) is 0 Å². The van der Waals surface area contributed by atoms with Crippen LogP contribution < -0.4 is 0 Å². The average molecular weight is 277 g/mol. The van der Waals surface area contributed by atoms with Gasteiger partial charge in [0.05, 0.1) is 5.60 Å². The maximum atomic E-state index is 5.69. The molecule has 3 heteroatoms. The van der Waals surface area contributed by atoms with Crippen molar-refractivity contribution in [2.24, 2.45) is 0 Å². The van der Waals surface area contributed by atoms with Crippen LogP contribution >= 0.6 is 11.8 Å². The van der Waals surface area contributed by atoms with Crippen molar-refractivity contribution < 1.29 is 4.43 Å². The highest BCUT2D eigenvalue weighted by Gasteiger charge is 2.18. The summed E-state index contributed by atoms with van der Waals surface area (Å²) in [5, 5.41) is 0. The van der Waals surface area contributed by atoms with Crippen LogP contribution in [0.4, 0.5) is 0 Å². The lowest BCUT2D eigenvalue weighted by molar-refractivity contribution is 0.0861. The van der Waals surface area contributed by atoms with Gasteiger partial charge < -0.3 is 4.43 Å². The summed E-state index contributed by atoms with van der Waals surface area (Å²) >= 11 is 2.13. The molecular weight excluding hydrogens is 244 g/mol. The van der Waals surface area contributed by atoms with E-state index in [4.69, 9.17) is 4.43 Å². The Morgan fingerprint density at radius 1 is 1.00 bits per heavy atom. The van der Waals surface area contributed by atoms with Crippen molar-refractivity contribution in [1.29, 1.82) is 0 Å². The molecule has 0 spiro atoms. The van der Waals surface area contributed by atoms with Crippen molar-refractivity contribution in [3.05, 3.63) is 0 Å². The van der Waals surface area contributed by atoms with E-state index in [9.17, 15) is 0 Å². The highest BCUT2D eigenvalue weighted by Crippen LogP contribution is 2.22. The molecule has 0 aromatic carbocycles. The summed E-state index contributed by atoms with van der Waals surface area (Å²) in [4.78, 5) is 0. The van der Waals surface area contributed by atoms with Gasteiger partial charge in [0.2, 0.25) is 0 Å². The quantitative estimate of drug-likeness (QED) is 0.394. The van der Waals surface area contributed by atoms with Crippen LogP contribution in [0.15, 0.2) is 0 Å². The first-order valence-corrected chi connectivity index (χ1v) is 9.28. The van der Waals surface area contributed by atoms with Gasteiger partial charge in [-0.05, 0) is 44.1 Å². The van der Waals surface area contributed by atoms with Crippen molar-refractivity contribution in [3.8, 4) is 0 Å². The second kappa shape index (κ2) is 11.6. The van der Waals surface area contributed by atoms with Crippen LogP contribution in [-0.4, -0.2) is 27.6 Å². The number of hydrogen-bond donors (Lipinski definition) is 0. The zero-order valence-corrected chi connectivity index (χ0v) is 15.2. The second-order valence-corrected chi connectivity index (χ2v) is 6.77. The number of thioether (sulfide) groups is 1. The van der Waals surface area contributed by atoms with E-state index >= 15 is 0 Å². The van der Waals surface area contributed by atoms with E-state index in [0.29, 0.717) is 0 Å². The van der Waals surface area contributed by atoms with Crippen molar-refractivity contribution in [3.63, 3.8) is 0 Å². The van der Waals surface area contributed by atoms with Gasteiger partial charge in [-0.25, -0.2) is 0 Å². The molecule has 0 aromatic heterocycles. The summed E-state index contributed by atoms with van der Waals surface area (Å²) < 4.78 is 5.69. The Hall–Kier alpha value is 0.527. The zero-order chi connectivity index (χ0) is 13.0. The molecular formula is C14H32OSSi. The normalized spacial score (nSPS) is 15.0. The van der Waals surface area contributed by atoms with E-state index < -0.39 is 0 Å². The topological polar surface area (TPSA) is 9.23 Å². The van der Waals surface area contributed by atoms with Crippen molar-refractivity contribution >= 4 is 22.2 Å². The fourth-order valence-electron chi connectivity index (χ4n) is 1.88. The molecule has 0 saturated carbocycles. The Morgan fingerprint density at radius 2 is 1.65 bits per heavy atom. The van der Waals surface area contributed by atoms with E-state index in [1.165, 1.54) is 56.5 Å². The van der Waals surface area contributed by atoms with Crippen LogP contribution in [0, 0.1) is 0 Å². The summed E-state index contributed by atoms with van der Waals surface area (Å²) in [5.74, 6) is 2.67. The zero-order valence-electron chi connectivity index (χ0n) is 12.4. The molecule has 1 unspecified atom stereocenters. The van der Waals surface area contributed by atoms with Gasteiger partial charge in [0, 0.05) is 0 Å². The van der Waals surface area contributed by atoms with E-state index in [1.807, 2.05) is 0 Å². The van der Waals surface area contributed by atoms with Crippen molar-refractivity contribution in [1.82, 2.24) is 0 Å². The Morgan fingerprint density at radius 3 is 2.24 bits per heavy atom. The predicted octanol–water partition coefficient (Wildman–Crippen LogP) is 3.94. The van der Waals surface area contributed by atoms with Crippen LogP contribution in [-0.2, 0) is 4.43 Å². The molecule has 0 N–H and O–H groups in total. The fraction of sp³-hybridized carbons (Fsp3) is 1.00. The largest absolute Gasteiger partial charge is 0.423 e. The number of unbranched alkanes of at least 4 members (excludes halogenated alkanes) is 4. The molecule has 0 aliphatic carbocycles. The highest BCUT2D eigenvalue weighted by molar-refractivity contribution is 7.99. The third-order valence-electron chi connectivity index (χ3n) is 3.63. The molecule has 0 fully saturated rings. The highest BCUT2D eigenvalue weighted by atomic mass is 32.2. The van der Waals surface area contributed by atoms with Gasteiger partial charge in [0.1, 0.15) is 10.5 Å². The summed E-state index contributed by atoms with van der Waals surface area (Å²) in [6.45, 7) is 6.77. The maximum Gasteiger partial charge on any atom is 0.146 e. The summed E-state index contributed by atoms with van der Waals surface area (Å²) in [5.41, 5.74) is 0.175. The van der Waals surface area contributed by atoms with Crippen LogP contribution in [0.1, 0.15) is 72.1 Å². The van der Waals surface area contributed by atoms with E-state index in [-0.39, 0.29) is 5.60 Å². The SMILES string of the molecule is CCCCCCCSCCCC(C)(CC)O[SiH3]. The molecule has 0 aromatic rings. The molecule has 0 aliphatic rings. The molecule has 17 heavy (non-hydrogen) atoms. The first-order chi connectivity index (χ1) is 8.18. The second-order valence-electron chi connectivity index (χ2n) is 5.14. The van der Waals surface area contributed by atoms with Crippen molar-refractivity contribution in [2.45, 2.75) is 77.7 Å². The third kappa shape index (κ3) is 10.2. The fourth-order valence-corrected chi connectivity index (χ4v) is 3.33. The molecule has 0 heterocycles. The van der Waals surface area contributed by atoms with Gasteiger partial charge >= 0.3 is 0 Å². The minimum Gasteiger partial charge on any atom is -0.423 e. The Bertz CT molecular complexity index is 160. The molecule has 0 bridgehead atoms. The minimum atomic E-state index is 0.175. The maximum absolute atomic E-state index is 5.69. The molecule has 0 rings (SSSR count). The van der Waals surface area contributed by atoms with Gasteiger partial charge in [-0.1, -0.05) is 39.5 Å². The Labute approximate surface area is 116 Å². The van der Waals surface area contributed by atoms with Gasteiger partial charge in [0.15, 0.2) is 0 Å². The average Bonchev–Trinajstić information content (AvgIpc) is 2.36. The molecule has 1 atom stereocenters. The summed E-state index contributed by atoms with van der Waals surface area (Å²) in [6, 6.07) is 0. The van der Waals surface area contributed by atoms with Gasteiger partial charge in [-0.2, -0.15) is 11.8 Å². The molecule has 104 valence electrons. The molecule has 1 nitrogen and oxygen atoms in total. The molecule has 0 aliphatic heterocycles. The lowest BCUT2D eigenvalue weighted by atomic mass is 9.98. The van der Waals surface area contributed by atoms with Crippen LogP contribution in [0.2, 0.25) is 0 Å². The first kappa shape index (κ1) is 17.5. The van der Waals surface area contributed by atoms with Gasteiger partial charge in [-0.3, -0.25) is 0 Å². The lowest BCUT2D eigenvalue weighted by Gasteiger charge is -2.27. The first-order valence-electron chi connectivity index (χ1n) is 7.31. The lowest BCUT2D eigenvalue weighted by Crippen LogP contribution is -2.26. The molecule has 0 saturated heterocycles. The third-order valence-corrected chi connectivity index (χ3v) is 5.77. The van der Waals surface area contributed by atoms with Crippen LogP contribution in [0.3, 0.4) is 0 Å².